The number of esters is 1. The van der Waals surface area contributed by atoms with Crippen molar-refractivity contribution in [2.24, 2.45) is 0 Å². The van der Waals surface area contributed by atoms with E-state index in [-0.39, 0.29) is 47.7 Å². The van der Waals surface area contributed by atoms with Gasteiger partial charge in [0.1, 0.15) is 23.9 Å². The fraction of sp³-hybridized carbons (Fsp3) is 0.320. The van der Waals surface area contributed by atoms with Gasteiger partial charge in [0.2, 0.25) is 0 Å². The summed E-state index contributed by atoms with van der Waals surface area (Å²) in [5.41, 5.74) is -1.44. The molecule has 2 aromatic heterocycles. The molecule has 0 atom stereocenters. The molecule has 202 valence electrons. The Morgan fingerprint density at radius 2 is 1.87 bits per heavy atom. The molecule has 0 radical (unpaired) electrons. The van der Waals surface area contributed by atoms with E-state index in [4.69, 9.17) is 9.47 Å². The lowest BCUT2D eigenvalue weighted by Crippen LogP contribution is -2.33. The van der Waals surface area contributed by atoms with Crippen LogP contribution in [-0.2, 0) is 25.7 Å². The first-order valence-corrected chi connectivity index (χ1v) is 13.3. The lowest BCUT2D eigenvalue weighted by atomic mass is 10.0. The lowest BCUT2D eigenvalue weighted by molar-refractivity contribution is -0.141. The average molecular weight is 551 g/mol. The number of rotatable bonds is 3. The number of carbonyl (C=O) groups excluding carboxylic acids is 1. The summed E-state index contributed by atoms with van der Waals surface area (Å²) in [5.74, 6) is -0.430. The first-order valence-electron chi connectivity index (χ1n) is 11.8. The zero-order chi connectivity index (χ0) is 27.3. The largest absolute Gasteiger partial charge is 0.493 e. The van der Waals surface area contributed by atoms with Gasteiger partial charge in [0, 0.05) is 12.1 Å². The number of halogens is 3. The van der Waals surface area contributed by atoms with E-state index in [0.29, 0.717) is 19.4 Å². The summed E-state index contributed by atoms with van der Waals surface area (Å²) in [4.78, 5) is 22.0. The highest BCUT2D eigenvalue weighted by atomic mass is 32.2. The monoisotopic (exact) mass is 550 g/mol. The predicted octanol–water partition coefficient (Wildman–Crippen LogP) is 4.51. The van der Waals surface area contributed by atoms with E-state index in [1.54, 1.807) is 30.0 Å². The summed E-state index contributed by atoms with van der Waals surface area (Å²) in [6.07, 6.45) is -3.74. The number of alkyl halides is 3. The van der Waals surface area contributed by atoms with Crippen LogP contribution in [0.25, 0.3) is 11.3 Å². The van der Waals surface area contributed by atoms with Gasteiger partial charge in [-0.15, -0.1) is 0 Å². The second-order valence-electron chi connectivity index (χ2n) is 8.31. The third-order valence-electron chi connectivity index (χ3n) is 5.60. The van der Waals surface area contributed by atoms with Crippen LogP contribution in [0.5, 0.6) is 5.75 Å². The molecule has 9 nitrogen and oxygen atoms in total. The van der Waals surface area contributed by atoms with E-state index >= 15 is 0 Å². The van der Waals surface area contributed by atoms with Gasteiger partial charge in [-0.1, -0.05) is 18.2 Å². The maximum atomic E-state index is 13.9. The number of sulfonamides is 1. The minimum absolute atomic E-state index is 0.0667. The Labute approximate surface area is 217 Å². The molecule has 0 saturated heterocycles. The van der Waals surface area contributed by atoms with Crippen molar-refractivity contribution in [3.63, 3.8) is 0 Å². The van der Waals surface area contributed by atoms with E-state index < -0.39 is 33.4 Å². The molecule has 1 aliphatic rings. The van der Waals surface area contributed by atoms with E-state index in [1.807, 2.05) is 0 Å². The molecular weight excluding hydrogens is 525 g/mol. The molecule has 1 aliphatic heterocycles. The zero-order valence-electron chi connectivity index (χ0n) is 20.4. The quantitative estimate of drug-likeness (QED) is 0.475. The van der Waals surface area contributed by atoms with E-state index in [9.17, 15) is 26.4 Å². The summed E-state index contributed by atoms with van der Waals surface area (Å²) in [7, 11) is -4.35. The number of para-hydroxylation sites is 1. The highest BCUT2D eigenvalue weighted by Gasteiger charge is 2.36. The molecular formula is C25H25F3N4O5S. The molecule has 38 heavy (non-hydrogen) atoms. The normalized spacial score (nSPS) is 15.5. The first-order chi connectivity index (χ1) is 18.1. The van der Waals surface area contributed by atoms with Crippen LogP contribution in [0.3, 0.4) is 0 Å². The molecule has 1 aromatic carbocycles. The van der Waals surface area contributed by atoms with Gasteiger partial charge in [-0.25, -0.2) is 9.97 Å². The number of ether oxygens (including phenoxy) is 2. The Kier molecular flexibility index (Phi) is 8.05. The number of pyridine rings is 2. The molecule has 0 fully saturated rings. The van der Waals surface area contributed by atoms with Crippen LogP contribution in [0.15, 0.2) is 59.6 Å². The second kappa shape index (κ2) is 11.3. The predicted molar refractivity (Wildman–Crippen MR) is 133 cm³/mol. The zero-order valence-corrected chi connectivity index (χ0v) is 21.2. The number of nitrogens with zero attached hydrogens (tertiary/aromatic N) is 3. The third-order valence-corrected chi connectivity index (χ3v) is 6.85. The smallest absolute Gasteiger partial charge is 0.418 e. The first kappa shape index (κ1) is 27.2. The summed E-state index contributed by atoms with van der Waals surface area (Å²) in [6, 6.07) is 12.1. The van der Waals surface area contributed by atoms with Gasteiger partial charge in [0.05, 0.1) is 24.5 Å². The van der Waals surface area contributed by atoms with Crippen LogP contribution in [0.4, 0.5) is 24.8 Å². The van der Waals surface area contributed by atoms with Crippen LogP contribution in [0.2, 0.25) is 0 Å². The fourth-order valence-electron chi connectivity index (χ4n) is 3.88. The standard InChI is InChI=1S/C25H25F3N4O5S/c1-2-36-23(33)16-32-14-5-6-15-37-19-9-4-3-8-17(19)24-18(25(26,27)28)12-13-20(29-24)31-38(34,35)22-11-7-10-21(32)30-22/h3-4,7-13H,2,5-6,14-16H2,1H3,(H,29,31). The van der Waals surface area contributed by atoms with Gasteiger partial charge in [0.15, 0.2) is 5.03 Å². The van der Waals surface area contributed by atoms with Gasteiger partial charge < -0.3 is 14.4 Å². The van der Waals surface area contributed by atoms with Crippen molar-refractivity contribution in [2.45, 2.75) is 31.0 Å². The van der Waals surface area contributed by atoms with Gasteiger partial charge in [0.25, 0.3) is 10.0 Å². The third kappa shape index (κ3) is 6.33. The van der Waals surface area contributed by atoms with Crippen molar-refractivity contribution in [2.75, 3.05) is 35.9 Å². The number of nitrogens with one attached hydrogen (secondary N) is 1. The number of benzene rings is 1. The van der Waals surface area contributed by atoms with Crippen molar-refractivity contribution in [1.29, 1.82) is 0 Å². The van der Waals surface area contributed by atoms with Crippen molar-refractivity contribution < 1.29 is 35.9 Å². The topological polar surface area (TPSA) is 111 Å². The Bertz CT molecular complexity index is 1420. The Morgan fingerprint density at radius 3 is 2.63 bits per heavy atom. The Morgan fingerprint density at radius 1 is 1.08 bits per heavy atom. The molecule has 4 rings (SSSR count). The molecule has 0 saturated carbocycles. The second-order valence-corrected chi connectivity index (χ2v) is 9.94. The van der Waals surface area contributed by atoms with Crippen LogP contribution in [0.1, 0.15) is 25.3 Å². The van der Waals surface area contributed by atoms with Crippen LogP contribution in [0, 0.1) is 0 Å². The molecule has 1 N–H and O–H groups in total. The average Bonchev–Trinajstić information content (AvgIpc) is 2.87. The number of fused-ring (bicyclic) bond motifs is 6. The molecule has 0 unspecified atom stereocenters. The molecule has 0 spiro atoms. The summed E-state index contributed by atoms with van der Waals surface area (Å²) in [6.45, 7) is 2.23. The summed E-state index contributed by atoms with van der Waals surface area (Å²) < 4.78 is 81.0. The maximum absolute atomic E-state index is 13.9. The van der Waals surface area contributed by atoms with Gasteiger partial charge in [-0.05, 0) is 56.2 Å². The fourth-order valence-corrected chi connectivity index (χ4v) is 4.85. The SMILES string of the molecule is CCOC(=O)CN1CCCCOc2ccccc2-c2nc(ccc2C(F)(F)F)NS(=O)(=O)c2cccc1n2. The van der Waals surface area contributed by atoms with Crippen molar-refractivity contribution >= 4 is 27.6 Å². The highest BCUT2D eigenvalue weighted by Crippen LogP contribution is 2.40. The van der Waals surface area contributed by atoms with Gasteiger partial charge in [-0.3, -0.25) is 9.52 Å². The minimum Gasteiger partial charge on any atom is -0.493 e. The van der Waals surface area contributed by atoms with Gasteiger partial charge >= 0.3 is 12.1 Å². The van der Waals surface area contributed by atoms with Crippen LogP contribution in [-0.4, -0.2) is 50.7 Å². The summed E-state index contributed by atoms with van der Waals surface area (Å²) >= 11 is 0. The highest BCUT2D eigenvalue weighted by molar-refractivity contribution is 7.92. The number of hydrogen-bond donors (Lipinski definition) is 1. The van der Waals surface area contributed by atoms with Crippen LogP contribution < -0.4 is 14.4 Å². The van der Waals surface area contributed by atoms with E-state index in [1.165, 1.54) is 24.3 Å². The maximum Gasteiger partial charge on any atom is 0.418 e. The number of anilines is 2. The molecule has 0 aliphatic carbocycles. The van der Waals surface area contributed by atoms with Crippen LogP contribution >= 0.6 is 0 Å². The summed E-state index contributed by atoms with van der Waals surface area (Å²) in [5, 5.41) is -0.386. The van der Waals surface area contributed by atoms with E-state index in [0.717, 1.165) is 12.1 Å². The molecule has 3 aromatic rings. The van der Waals surface area contributed by atoms with Crippen molar-refractivity contribution in [1.82, 2.24) is 9.97 Å². The molecule has 13 heteroatoms. The Balaban J connectivity index is 1.81. The number of carbonyl (C=O) groups is 1. The van der Waals surface area contributed by atoms with E-state index in [2.05, 4.69) is 14.7 Å². The minimum atomic E-state index is -4.74. The number of aromatic nitrogens is 2. The number of hydrogen-bond acceptors (Lipinski definition) is 8. The molecule has 0 amide bonds. The lowest BCUT2D eigenvalue weighted by Gasteiger charge is -2.23. The van der Waals surface area contributed by atoms with Crippen molar-refractivity contribution in [3.05, 3.63) is 60.2 Å². The Hall–Kier alpha value is -3.87. The molecule has 3 heterocycles. The molecule has 4 bridgehead atoms. The van der Waals surface area contributed by atoms with Crippen molar-refractivity contribution in [3.8, 4) is 17.0 Å². The van der Waals surface area contributed by atoms with Gasteiger partial charge in [-0.2, -0.15) is 21.6 Å².